The highest BCUT2D eigenvalue weighted by molar-refractivity contribution is 5.95. The Morgan fingerprint density at radius 2 is 1.97 bits per heavy atom. The van der Waals surface area contributed by atoms with Crippen LogP contribution in [0.2, 0.25) is 0 Å². The summed E-state index contributed by atoms with van der Waals surface area (Å²) in [5.74, 6) is -1.14. The zero-order chi connectivity index (χ0) is 20.8. The first-order chi connectivity index (χ1) is 14.0. The number of morpholine rings is 1. The van der Waals surface area contributed by atoms with Crippen molar-refractivity contribution in [3.8, 4) is 5.75 Å². The molecule has 0 aliphatic carbocycles. The Labute approximate surface area is 181 Å². The Balaban J connectivity index is 0.00000320. The Morgan fingerprint density at radius 3 is 2.63 bits per heavy atom. The third-order valence-electron chi connectivity index (χ3n) is 4.87. The van der Waals surface area contributed by atoms with E-state index < -0.39 is 17.7 Å². The molecule has 2 aromatic carbocycles. The predicted octanol–water partition coefficient (Wildman–Crippen LogP) is 3.79. The smallest absolute Gasteiger partial charge is 0.162 e. The topological polar surface area (TPSA) is 59.0 Å². The number of carbonyl (C=O) groups is 1. The summed E-state index contributed by atoms with van der Waals surface area (Å²) in [6.45, 7) is 3.82. The summed E-state index contributed by atoms with van der Waals surface area (Å²) in [5.41, 5.74) is 1.21. The molecule has 0 radical (unpaired) electrons. The van der Waals surface area contributed by atoms with Crippen molar-refractivity contribution in [3.05, 3.63) is 65.2 Å². The first-order valence-corrected chi connectivity index (χ1v) is 9.69. The molecular formula is C22H26ClF2NO4. The van der Waals surface area contributed by atoms with Crippen LogP contribution in [0.4, 0.5) is 8.78 Å². The van der Waals surface area contributed by atoms with Gasteiger partial charge < -0.3 is 14.6 Å². The summed E-state index contributed by atoms with van der Waals surface area (Å²) in [4.78, 5) is 13.6. The normalized spacial score (nSPS) is 17.8. The van der Waals surface area contributed by atoms with Gasteiger partial charge in [0.1, 0.15) is 18.5 Å². The van der Waals surface area contributed by atoms with Gasteiger partial charge in [0.25, 0.3) is 0 Å². The molecule has 2 atom stereocenters. The van der Waals surface area contributed by atoms with E-state index in [1.165, 1.54) is 6.07 Å². The lowest BCUT2D eigenvalue weighted by Gasteiger charge is -2.34. The third-order valence-corrected chi connectivity index (χ3v) is 4.87. The van der Waals surface area contributed by atoms with E-state index in [4.69, 9.17) is 9.47 Å². The molecule has 2 aromatic rings. The molecule has 3 rings (SSSR count). The monoisotopic (exact) mass is 441 g/mol. The third kappa shape index (κ3) is 6.47. The molecule has 8 heteroatoms. The maximum Gasteiger partial charge on any atom is 0.162 e. The van der Waals surface area contributed by atoms with Crippen LogP contribution in [0.5, 0.6) is 5.75 Å². The minimum atomic E-state index is -0.900. The van der Waals surface area contributed by atoms with Crippen LogP contribution in [-0.4, -0.2) is 54.7 Å². The number of halogens is 3. The van der Waals surface area contributed by atoms with Crippen molar-refractivity contribution in [2.75, 3.05) is 32.8 Å². The molecule has 1 aliphatic heterocycles. The number of rotatable bonds is 8. The molecular weight excluding hydrogens is 416 g/mol. The van der Waals surface area contributed by atoms with Crippen LogP contribution >= 0.6 is 12.4 Å². The summed E-state index contributed by atoms with van der Waals surface area (Å²) in [5, 5.41) is 10.3. The molecule has 164 valence electrons. The van der Waals surface area contributed by atoms with E-state index in [9.17, 15) is 18.7 Å². The maximum atomic E-state index is 13.5. The number of ketones is 1. The number of hydrogen-bond donors (Lipinski definition) is 1. The molecule has 30 heavy (non-hydrogen) atoms. The molecule has 1 saturated heterocycles. The van der Waals surface area contributed by atoms with Gasteiger partial charge in [-0.25, -0.2) is 8.78 Å². The minimum absolute atomic E-state index is 0. The Morgan fingerprint density at radius 1 is 1.23 bits per heavy atom. The van der Waals surface area contributed by atoms with Crippen LogP contribution in [0.3, 0.4) is 0 Å². The molecule has 0 aromatic heterocycles. The summed E-state index contributed by atoms with van der Waals surface area (Å²) in [6, 6.07) is 10.6. The summed E-state index contributed by atoms with van der Waals surface area (Å²) in [7, 11) is 0. The van der Waals surface area contributed by atoms with E-state index in [-0.39, 0.29) is 30.9 Å². The molecule has 0 spiro atoms. The largest absolute Gasteiger partial charge is 0.491 e. The fourth-order valence-electron chi connectivity index (χ4n) is 3.27. The molecule has 1 fully saturated rings. The van der Waals surface area contributed by atoms with Crippen LogP contribution in [0, 0.1) is 11.6 Å². The highest BCUT2D eigenvalue weighted by atomic mass is 35.5. The van der Waals surface area contributed by atoms with Gasteiger partial charge in [0, 0.05) is 31.6 Å². The Bertz CT molecular complexity index is 834. The van der Waals surface area contributed by atoms with Gasteiger partial charge >= 0.3 is 0 Å². The van der Waals surface area contributed by atoms with Gasteiger partial charge in [-0.05, 0) is 42.0 Å². The lowest BCUT2D eigenvalue weighted by molar-refractivity contribution is -0.0460. The average molecular weight is 442 g/mol. The number of ether oxygens (including phenoxy) is 2. The highest BCUT2D eigenvalue weighted by Crippen LogP contribution is 2.24. The van der Waals surface area contributed by atoms with Crippen molar-refractivity contribution in [1.29, 1.82) is 0 Å². The van der Waals surface area contributed by atoms with E-state index >= 15 is 0 Å². The minimum Gasteiger partial charge on any atom is -0.491 e. The quantitative estimate of drug-likeness (QED) is 0.631. The summed E-state index contributed by atoms with van der Waals surface area (Å²) in [6.07, 6.45) is -0.657. The first-order valence-electron chi connectivity index (χ1n) is 9.69. The van der Waals surface area contributed by atoms with E-state index in [0.29, 0.717) is 49.5 Å². The van der Waals surface area contributed by atoms with Crippen LogP contribution in [0.15, 0.2) is 42.5 Å². The van der Waals surface area contributed by atoms with Gasteiger partial charge in [0.15, 0.2) is 17.4 Å². The van der Waals surface area contributed by atoms with Crippen molar-refractivity contribution in [2.24, 2.45) is 0 Å². The molecule has 1 aliphatic rings. The lowest BCUT2D eigenvalue weighted by Crippen LogP contribution is -2.43. The second-order valence-corrected chi connectivity index (χ2v) is 7.06. The molecule has 0 bridgehead atoms. The number of hydrogen-bond acceptors (Lipinski definition) is 5. The van der Waals surface area contributed by atoms with Gasteiger partial charge in [-0.2, -0.15) is 0 Å². The van der Waals surface area contributed by atoms with Crippen molar-refractivity contribution < 1.29 is 28.2 Å². The predicted molar refractivity (Wildman–Crippen MR) is 111 cm³/mol. The molecule has 5 nitrogen and oxygen atoms in total. The summed E-state index contributed by atoms with van der Waals surface area (Å²) < 4.78 is 37.9. The van der Waals surface area contributed by atoms with Crippen molar-refractivity contribution in [2.45, 2.75) is 25.6 Å². The SMILES string of the molecule is CCC(=O)c1ccc(OCC(O)CN2CCOC(c3ccc(F)c(F)c3)C2)cc1.Cl. The summed E-state index contributed by atoms with van der Waals surface area (Å²) >= 11 is 0. The molecule has 2 unspecified atom stereocenters. The number of benzene rings is 2. The standard InChI is InChI=1S/C22H25F2NO4.ClH/c1-2-21(27)15-3-6-18(7-4-15)29-14-17(26)12-25-9-10-28-22(13-25)16-5-8-19(23)20(24)11-16;/h3-8,11,17,22,26H,2,9-10,12-14H2,1H3;1H. The Kier molecular flexibility index (Phi) is 9.17. The molecule has 0 amide bonds. The number of carbonyl (C=O) groups excluding carboxylic acids is 1. The van der Waals surface area contributed by atoms with Gasteiger partial charge in [-0.3, -0.25) is 9.69 Å². The van der Waals surface area contributed by atoms with Gasteiger partial charge in [0.2, 0.25) is 0 Å². The van der Waals surface area contributed by atoms with Crippen LogP contribution in [0.1, 0.15) is 35.4 Å². The van der Waals surface area contributed by atoms with E-state index in [0.717, 1.165) is 12.1 Å². The van der Waals surface area contributed by atoms with Crippen LogP contribution in [0.25, 0.3) is 0 Å². The van der Waals surface area contributed by atoms with Gasteiger partial charge in [0.05, 0.1) is 12.7 Å². The number of β-amino-alcohol motifs (C(OH)–C–C–N with tert-alkyl or cyclic N) is 1. The molecule has 0 saturated carbocycles. The van der Waals surface area contributed by atoms with Crippen molar-refractivity contribution >= 4 is 18.2 Å². The number of aliphatic hydroxyl groups excluding tert-OH is 1. The molecule has 1 heterocycles. The Hall–Kier alpha value is -2.06. The second kappa shape index (κ2) is 11.4. The van der Waals surface area contributed by atoms with Crippen molar-refractivity contribution in [3.63, 3.8) is 0 Å². The van der Waals surface area contributed by atoms with Crippen LogP contribution in [-0.2, 0) is 4.74 Å². The molecule has 1 N–H and O–H groups in total. The van der Waals surface area contributed by atoms with E-state index in [1.807, 2.05) is 11.8 Å². The second-order valence-electron chi connectivity index (χ2n) is 7.06. The maximum absolute atomic E-state index is 13.5. The van der Waals surface area contributed by atoms with E-state index in [2.05, 4.69) is 0 Å². The zero-order valence-electron chi connectivity index (χ0n) is 16.7. The first kappa shape index (κ1) is 24.2. The highest BCUT2D eigenvalue weighted by Gasteiger charge is 2.24. The average Bonchev–Trinajstić information content (AvgIpc) is 2.74. The number of nitrogens with zero attached hydrogens (tertiary/aromatic N) is 1. The van der Waals surface area contributed by atoms with Crippen molar-refractivity contribution in [1.82, 2.24) is 4.90 Å². The fraction of sp³-hybridized carbons (Fsp3) is 0.409. The lowest BCUT2D eigenvalue weighted by atomic mass is 10.1. The fourth-order valence-corrected chi connectivity index (χ4v) is 3.27. The van der Waals surface area contributed by atoms with Crippen LogP contribution < -0.4 is 4.74 Å². The number of aliphatic hydroxyl groups is 1. The number of Topliss-reactive ketones (excluding diaryl/α,β-unsaturated/α-hetero) is 1. The zero-order valence-corrected chi connectivity index (χ0v) is 17.5. The van der Waals surface area contributed by atoms with Gasteiger partial charge in [-0.15, -0.1) is 12.4 Å². The van der Waals surface area contributed by atoms with Gasteiger partial charge in [-0.1, -0.05) is 13.0 Å². The van der Waals surface area contributed by atoms with E-state index in [1.54, 1.807) is 24.3 Å².